The summed E-state index contributed by atoms with van der Waals surface area (Å²) >= 11 is 3.90. The van der Waals surface area contributed by atoms with Crippen molar-refractivity contribution in [1.29, 1.82) is 0 Å². The maximum atomic E-state index is 11.4. The standard InChI is InChI=1S/C6H6BrNO4S2/c1-8-14(11,12)3-2-4(7)13-5(3)6(9)10/h2,8H,1H3,(H,9,10). The largest absolute Gasteiger partial charge is 0.477 e. The van der Waals surface area contributed by atoms with Crippen LogP contribution in [0, 0.1) is 0 Å². The van der Waals surface area contributed by atoms with E-state index in [9.17, 15) is 13.2 Å². The van der Waals surface area contributed by atoms with Crippen molar-refractivity contribution in [1.82, 2.24) is 4.72 Å². The van der Waals surface area contributed by atoms with E-state index in [0.29, 0.717) is 3.79 Å². The van der Waals surface area contributed by atoms with Gasteiger partial charge in [-0.2, -0.15) is 0 Å². The predicted molar refractivity (Wildman–Crippen MR) is 55.2 cm³/mol. The lowest BCUT2D eigenvalue weighted by Gasteiger charge is -1.99. The van der Waals surface area contributed by atoms with Crippen LogP contribution in [0.3, 0.4) is 0 Å². The Morgan fingerprint density at radius 2 is 2.21 bits per heavy atom. The molecular weight excluding hydrogens is 294 g/mol. The second-order valence-electron chi connectivity index (χ2n) is 2.26. The number of carbonyl (C=O) groups is 1. The van der Waals surface area contributed by atoms with E-state index in [1.54, 1.807) is 0 Å². The molecule has 0 atom stereocenters. The molecule has 0 aromatic carbocycles. The molecule has 0 saturated heterocycles. The number of carboxylic acid groups (broad SMARTS) is 1. The quantitative estimate of drug-likeness (QED) is 0.876. The Labute approximate surface area is 92.9 Å². The molecule has 0 spiro atoms. The van der Waals surface area contributed by atoms with E-state index >= 15 is 0 Å². The van der Waals surface area contributed by atoms with E-state index < -0.39 is 16.0 Å². The average Bonchev–Trinajstić information content (AvgIpc) is 2.48. The van der Waals surface area contributed by atoms with Crippen molar-refractivity contribution in [2.75, 3.05) is 7.05 Å². The molecule has 0 radical (unpaired) electrons. The molecular formula is C6H6BrNO4S2. The molecule has 1 heterocycles. The summed E-state index contributed by atoms with van der Waals surface area (Å²) in [4.78, 5) is 10.3. The number of hydrogen-bond donors (Lipinski definition) is 2. The Bertz CT molecular complexity index is 464. The number of carboxylic acids is 1. The number of hydrogen-bond acceptors (Lipinski definition) is 4. The number of rotatable bonds is 3. The molecule has 0 aliphatic rings. The van der Waals surface area contributed by atoms with Crippen LogP contribution in [0.5, 0.6) is 0 Å². The minimum absolute atomic E-state index is 0.203. The maximum absolute atomic E-state index is 11.4. The van der Waals surface area contributed by atoms with Gasteiger partial charge in [0.15, 0.2) is 0 Å². The highest BCUT2D eigenvalue weighted by molar-refractivity contribution is 9.11. The molecule has 0 saturated carbocycles. The highest BCUT2D eigenvalue weighted by atomic mass is 79.9. The van der Waals surface area contributed by atoms with Gasteiger partial charge in [0.05, 0.1) is 3.79 Å². The molecule has 0 amide bonds. The van der Waals surface area contributed by atoms with Gasteiger partial charge in [0.25, 0.3) is 0 Å². The first-order chi connectivity index (χ1) is 6.38. The number of nitrogens with one attached hydrogen (secondary N) is 1. The van der Waals surface area contributed by atoms with E-state index in [1.165, 1.54) is 13.1 Å². The summed E-state index contributed by atoms with van der Waals surface area (Å²) in [5.74, 6) is -1.26. The van der Waals surface area contributed by atoms with Crippen molar-refractivity contribution < 1.29 is 18.3 Å². The lowest BCUT2D eigenvalue weighted by molar-refractivity contribution is 0.0698. The summed E-state index contributed by atoms with van der Waals surface area (Å²) in [6.45, 7) is 0. The van der Waals surface area contributed by atoms with E-state index in [0.717, 1.165) is 11.3 Å². The van der Waals surface area contributed by atoms with Crippen molar-refractivity contribution in [3.05, 3.63) is 14.7 Å². The van der Waals surface area contributed by atoms with Crippen LogP contribution in [0.15, 0.2) is 14.7 Å². The van der Waals surface area contributed by atoms with Crippen molar-refractivity contribution in [2.24, 2.45) is 0 Å². The smallest absolute Gasteiger partial charge is 0.347 e. The topological polar surface area (TPSA) is 83.5 Å². The summed E-state index contributed by atoms with van der Waals surface area (Å²) in [5.41, 5.74) is 0. The fourth-order valence-electron chi connectivity index (χ4n) is 0.804. The first-order valence-corrected chi connectivity index (χ1v) is 6.44. The van der Waals surface area contributed by atoms with Gasteiger partial charge in [-0.05, 0) is 29.0 Å². The van der Waals surface area contributed by atoms with Crippen LogP contribution >= 0.6 is 27.3 Å². The van der Waals surface area contributed by atoms with Gasteiger partial charge < -0.3 is 5.11 Å². The summed E-state index contributed by atoms with van der Waals surface area (Å²) < 4.78 is 25.2. The molecule has 8 heteroatoms. The number of thiophene rings is 1. The molecule has 0 bridgehead atoms. The Balaban J connectivity index is 3.42. The van der Waals surface area contributed by atoms with Crippen molar-refractivity contribution in [3.8, 4) is 0 Å². The van der Waals surface area contributed by atoms with Gasteiger partial charge in [-0.1, -0.05) is 0 Å². The van der Waals surface area contributed by atoms with Crippen LogP contribution in [0.2, 0.25) is 0 Å². The molecule has 5 nitrogen and oxygen atoms in total. The molecule has 0 aliphatic heterocycles. The molecule has 1 aromatic rings. The van der Waals surface area contributed by atoms with Gasteiger partial charge in [-0.25, -0.2) is 17.9 Å². The minimum atomic E-state index is -3.70. The van der Waals surface area contributed by atoms with Crippen molar-refractivity contribution in [3.63, 3.8) is 0 Å². The van der Waals surface area contributed by atoms with Crippen LogP contribution in [-0.2, 0) is 10.0 Å². The fraction of sp³-hybridized carbons (Fsp3) is 0.167. The molecule has 2 N–H and O–H groups in total. The van der Waals surface area contributed by atoms with Gasteiger partial charge >= 0.3 is 5.97 Å². The summed E-state index contributed by atoms with van der Waals surface area (Å²) in [6.07, 6.45) is 0. The third-order valence-corrected chi connectivity index (χ3v) is 4.61. The lowest BCUT2D eigenvalue weighted by atomic mass is 10.5. The summed E-state index contributed by atoms with van der Waals surface area (Å²) in [7, 11) is -2.47. The zero-order chi connectivity index (χ0) is 10.9. The zero-order valence-corrected chi connectivity index (χ0v) is 10.2. The van der Waals surface area contributed by atoms with E-state index in [2.05, 4.69) is 20.7 Å². The Morgan fingerprint density at radius 1 is 1.64 bits per heavy atom. The van der Waals surface area contributed by atoms with E-state index in [1.807, 2.05) is 0 Å². The van der Waals surface area contributed by atoms with Crippen LogP contribution in [0.4, 0.5) is 0 Å². The second kappa shape index (κ2) is 3.97. The zero-order valence-electron chi connectivity index (χ0n) is 6.94. The van der Waals surface area contributed by atoms with Gasteiger partial charge in [0, 0.05) is 0 Å². The number of halogens is 1. The first-order valence-electron chi connectivity index (χ1n) is 3.34. The average molecular weight is 300 g/mol. The highest BCUT2D eigenvalue weighted by Gasteiger charge is 2.24. The number of aromatic carboxylic acids is 1. The SMILES string of the molecule is CNS(=O)(=O)c1cc(Br)sc1C(=O)O. The van der Waals surface area contributed by atoms with Gasteiger partial charge in [-0.3, -0.25) is 0 Å². The van der Waals surface area contributed by atoms with E-state index in [-0.39, 0.29) is 9.77 Å². The van der Waals surface area contributed by atoms with Crippen LogP contribution in [0.25, 0.3) is 0 Å². The fourth-order valence-corrected chi connectivity index (χ4v) is 3.64. The minimum Gasteiger partial charge on any atom is -0.477 e. The molecule has 78 valence electrons. The molecule has 0 unspecified atom stereocenters. The Kier molecular flexibility index (Phi) is 3.30. The Morgan fingerprint density at radius 3 is 2.64 bits per heavy atom. The molecule has 1 rings (SSSR count). The summed E-state index contributed by atoms with van der Waals surface area (Å²) in [6, 6.07) is 1.26. The first kappa shape index (κ1) is 11.6. The Hall–Kier alpha value is -0.440. The van der Waals surface area contributed by atoms with Gasteiger partial charge in [-0.15, -0.1) is 11.3 Å². The van der Waals surface area contributed by atoms with Crippen molar-refractivity contribution >= 4 is 43.3 Å². The normalized spacial score (nSPS) is 11.6. The molecule has 0 fully saturated rings. The third-order valence-electron chi connectivity index (χ3n) is 1.42. The summed E-state index contributed by atoms with van der Waals surface area (Å²) in [5, 5.41) is 8.74. The third kappa shape index (κ3) is 2.14. The predicted octanol–water partition coefficient (Wildman–Crippen LogP) is 1.12. The highest BCUT2D eigenvalue weighted by Crippen LogP contribution is 2.30. The molecule has 1 aromatic heterocycles. The maximum Gasteiger partial charge on any atom is 0.347 e. The second-order valence-corrected chi connectivity index (χ2v) is 6.54. The van der Waals surface area contributed by atoms with E-state index in [4.69, 9.17) is 5.11 Å². The number of sulfonamides is 1. The van der Waals surface area contributed by atoms with Crippen molar-refractivity contribution in [2.45, 2.75) is 4.90 Å². The lowest BCUT2D eigenvalue weighted by Crippen LogP contribution is -2.20. The monoisotopic (exact) mass is 299 g/mol. The van der Waals surface area contributed by atoms with Crippen LogP contribution < -0.4 is 4.72 Å². The van der Waals surface area contributed by atoms with Gasteiger partial charge in [0.1, 0.15) is 9.77 Å². The molecule has 0 aliphatic carbocycles. The molecule has 14 heavy (non-hydrogen) atoms. The van der Waals surface area contributed by atoms with Crippen LogP contribution in [0.1, 0.15) is 9.67 Å². The van der Waals surface area contributed by atoms with Crippen LogP contribution in [-0.4, -0.2) is 26.5 Å². The van der Waals surface area contributed by atoms with Gasteiger partial charge in [0.2, 0.25) is 10.0 Å².